The molecule has 25 heavy (non-hydrogen) atoms. The lowest BCUT2D eigenvalue weighted by Crippen LogP contribution is -2.56. The van der Waals surface area contributed by atoms with E-state index in [1.807, 2.05) is 12.1 Å². The van der Waals surface area contributed by atoms with Crippen molar-refractivity contribution in [2.75, 3.05) is 13.7 Å². The van der Waals surface area contributed by atoms with Crippen molar-refractivity contribution in [3.8, 4) is 5.75 Å². The zero-order valence-electron chi connectivity index (χ0n) is 14.3. The fourth-order valence-corrected chi connectivity index (χ4v) is 2.41. The molecule has 0 radical (unpaired) electrons. The van der Waals surface area contributed by atoms with Crippen LogP contribution in [-0.4, -0.2) is 55.4 Å². The third kappa shape index (κ3) is 5.42. The van der Waals surface area contributed by atoms with E-state index in [1.165, 1.54) is 13.8 Å². The van der Waals surface area contributed by atoms with Crippen molar-refractivity contribution in [1.29, 1.82) is 0 Å². The number of ether oxygens (including phenoxy) is 5. The van der Waals surface area contributed by atoms with Gasteiger partial charge in [-0.1, -0.05) is 12.1 Å². The van der Waals surface area contributed by atoms with Gasteiger partial charge in [-0.2, -0.15) is 0 Å². The van der Waals surface area contributed by atoms with Crippen LogP contribution in [0.2, 0.25) is 0 Å². The Labute approximate surface area is 145 Å². The third-order valence-electron chi connectivity index (χ3n) is 3.62. The first-order chi connectivity index (χ1) is 11.9. The molecule has 8 nitrogen and oxygen atoms in total. The molecule has 0 spiro atoms. The quantitative estimate of drug-likeness (QED) is 0.749. The van der Waals surface area contributed by atoms with Crippen molar-refractivity contribution in [1.82, 2.24) is 0 Å². The van der Waals surface area contributed by atoms with Gasteiger partial charge in [0.25, 0.3) is 0 Å². The van der Waals surface area contributed by atoms with Gasteiger partial charge in [0.05, 0.1) is 20.3 Å². The van der Waals surface area contributed by atoms with Gasteiger partial charge in [0.1, 0.15) is 18.0 Å². The highest BCUT2D eigenvalue weighted by molar-refractivity contribution is 5.67. The molecule has 0 amide bonds. The van der Waals surface area contributed by atoms with Crippen LogP contribution in [0.1, 0.15) is 19.4 Å². The molecule has 138 valence electrons. The van der Waals surface area contributed by atoms with Gasteiger partial charge in [0.2, 0.25) is 6.29 Å². The van der Waals surface area contributed by atoms with E-state index in [4.69, 9.17) is 23.7 Å². The summed E-state index contributed by atoms with van der Waals surface area (Å²) < 4.78 is 26.1. The summed E-state index contributed by atoms with van der Waals surface area (Å²) in [4.78, 5) is 22.4. The summed E-state index contributed by atoms with van der Waals surface area (Å²) >= 11 is 0. The zero-order valence-corrected chi connectivity index (χ0v) is 14.3. The van der Waals surface area contributed by atoms with Crippen molar-refractivity contribution in [2.45, 2.75) is 45.1 Å². The van der Waals surface area contributed by atoms with Crippen molar-refractivity contribution >= 4 is 11.9 Å². The Balaban J connectivity index is 1.98. The number of hydrogen-bond acceptors (Lipinski definition) is 8. The van der Waals surface area contributed by atoms with Gasteiger partial charge in [-0.3, -0.25) is 9.59 Å². The van der Waals surface area contributed by atoms with Crippen LogP contribution < -0.4 is 4.74 Å². The third-order valence-corrected chi connectivity index (χ3v) is 3.62. The summed E-state index contributed by atoms with van der Waals surface area (Å²) in [6.45, 7) is 2.61. The monoisotopic (exact) mass is 354 g/mol. The number of hydrogen-bond donors (Lipinski definition) is 1. The van der Waals surface area contributed by atoms with E-state index in [9.17, 15) is 14.7 Å². The average Bonchev–Trinajstić information content (AvgIpc) is 2.57. The lowest BCUT2D eigenvalue weighted by molar-refractivity contribution is -0.274. The Bertz CT molecular complexity index is 585. The van der Waals surface area contributed by atoms with Gasteiger partial charge >= 0.3 is 11.9 Å². The van der Waals surface area contributed by atoms with Crippen LogP contribution in [0.4, 0.5) is 0 Å². The summed E-state index contributed by atoms with van der Waals surface area (Å²) in [5, 5.41) is 10.4. The van der Waals surface area contributed by atoms with E-state index in [2.05, 4.69) is 0 Å². The molecule has 0 bridgehead atoms. The summed E-state index contributed by atoms with van der Waals surface area (Å²) in [7, 11) is 1.58. The van der Waals surface area contributed by atoms with E-state index >= 15 is 0 Å². The standard InChI is InChI=1S/C17H22O8/c1-10(18)24-16-15(20)14(9-23-17(16)25-11(2)19)22-8-12-4-6-13(21-3)7-5-12/h4-7,14-17,20H,8-9H2,1-3H3/t14-,15-,16+,17-/m0/s1. The van der Waals surface area contributed by atoms with Crippen molar-refractivity contribution in [3.05, 3.63) is 29.8 Å². The van der Waals surface area contributed by atoms with E-state index in [0.29, 0.717) is 0 Å². The van der Waals surface area contributed by atoms with E-state index in [1.54, 1.807) is 19.2 Å². The number of esters is 2. The Morgan fingerprint density at radius 1 is 1.16 bits per heavy atom. The smallest absolute Gasteiger partial charge is 0.305 e. The number of methoxy groups -OCH3 is 1. The van der Waals surface area contributed by atoms with Crippen LogP contribution in [0.15, 0.2) is 24.3 Å². The van der Waals surface area contributed by atoms with E-state index in [0.717, 1.165) is 11.3 Å². The van der Waals surface area contributed by atoms with Crippen molar-refractivity contribution in [3.63, 3.8) is 0 Å². The number of aliphatic hydroxyl groups excluding tert-OH is 1. The maximum absolute atomic E-state index is 11.3. The molecule has 1 fully saturated rings. The lowest BCUT2D eigenvalue weighted by atomic mass is 10.0. The highest BCUT2D eigenvalue weighted by Crippen LogP contribution is 2.23. The van der Waals surface area contributed by atoms with E-state index in [-0.39, 0.29) is 13.2 Å². The molecule has 1 aliphatic rings. The fraction of sp³-hybridized carbons (Fsp3) is 0.529. The Kier molecular flexibility index (Phi) is 6.74. The Hall–Kier alpha value is -2.16. The molecule has 8 heteroatoms. The van der Waals surface area contributed by atoms with Crippen LogP contribution in [0.25, 0.3) is 0 Å². The summed E-state index contributed by atoms with van der Waals surface area (Å²) in [5.74, 6) is -0.503. The highest BCUT2D eigenvalue weighted by Gasteiger charge is 2.44. The molecule has 0 aromatic heterocycles. The fourth-order valence-electron chi connectivity index (χ4n) is 2.41. The summed E-state index contributed by atoms with van der Waals surface area (Å²) in [6.07, 6.45) is -4.26. The lowest BCUT2D eigenvalue weighted by Gasteiger charge is -2.38. The second-order valence-corrected chi connectivity index (χ2v) is 5.57. The molecule has 1 N–H and O–H groups in total. The second kappa shape index (κ2) is 8.80. The Morgan fingerprint density at radius 3 is 2.36 bits per heavy atom. The molecular formula is C17H22O8. The molecule has 0 unspecified atom stereocenters. The molecule has 1 aromatic carbocycles. The molecule has 0 saturated carbocycles. The molecule has 4 atom stereocenters. The predicted octanol–water partition coefficient (Wildman–Crippen LogP) is 0.792. The average molecular weight is 354 g/mol. The van der Waals surface area contributed by atoms with Crippen LogP contribution >= 0.6 is 0 Å². The zero-order chi connectivity index (χ0) is 18.4. The van der Waals surface area contributed by atoms with Crippen LogP contribution in [-0.2, 0) is 35.1 Å². The predicted molar refractivity (Wildman–Crippen MR) is 84.6 cm³/mol. The number of carbonyl (C=O) groups is 2. The molecular weight excluding hydrogens is 332 g/mol. The summed E-state index contributed by atoms with van der Waals surface area (Å²) in [6, 6.07) is 7.26. The van der Waals surface area contributed by atoms with Gasteiger partial charge in [-0.15, -0.1) is 0 Å². The van der Waals surface area contributed by atoms with Crippen molar-refractivity contribution in [2.24, 2.45) is 0 Å². The number of rotatable bonds is 6. The first kappa shape index (κ1) is 19.2. The number of aliphatic hydroxyl groups is 1. The van der Waals surface area contributed by atoms with Gasteiger partial charge in [-0.05, 0) is 17.7 Å². The molecule has 1 aliphatic heterocycles. The highest BCUT2D eigenvalue weighted by atomic mass is 16.7. The second-order valence-electron chi connectivity index (χ2n) is 5.57. The van der Waals surface area contributed by atoms with Gasteiger partial charge in [0.15, 0.2) is 6.10 Å². The maximum atomic E-state index is 11.3. The first-order valence-corrected chi connectivity index (χ1v) is 7.79. The minimum absolute atomic E-state index is 0.00691. The van der Waals surface area contributed by atoms with Gasteiger partial charge in [-0.25, -0.2) is 0 Å². The maximum Gasteiger partial charge on any atom is 0.305 e. The van der Waals surface area contributed by atoms with Gasteiger partial charge < -0.3 is 28.8 Å². The molecule has 2 rings (SSSR count). The molecule has 0 aliphatic carbocycles. The largest absolute Gasteiger partial charge is 0.497 e. The van der Waals surface area contributed by atoms with Crippen LogP contribution in [0.3, 0.4) is 0 Å². The Morgan fingerprint density at radius 2 is 1.80 bits per heavy atom. The normalized spacial score (nSPS) is 25.9. The number of benzene rings is 1. The molecule has 1 aromatic rings. The van der Waals surface area contributed by atoms with Gasteiger partial charge in [0, 0.05) is 13.8 Å². The van der Waals surface area contributed by atoms with E-state index < -0.39 is 36.5 Å². The topological polar surface area (TPSA) is 101 Å². The molecule has 1 heterocycles. The SMILES string of the molecule is COc1ccc(CO[C@H]2CO[C@@H](OC(C)=O)[C@H](OC(C)=O)[C@H]2O)cc1. The minimum atomic E-state index is -1.19. The molecule has 1 saturated heterocycles. The van der Waals surface area contributed by atoms with Crippen LogP contribution in [0.5, 0.6) is 5.75 Å². The van der Waals surface area contributed by atoms with Crippen molar-refractivity contribution < 1.29 is 38.4 Å². The number of carbonyl (C=O) groups excluding carboxylic acids is 2. The minimum Gasteiger partial charge on any atom is -0.497 e. The first-order valence-electron chi connectivity index (χ1n) is 7.79. The van der Waals surface area contributed by atoms with Crippen LogP contribution in [0, 0.1) is 0 Å². The summed E-state index contributed by atoms with van der Waals surface area (Å²) in [5.41, 5.74) is 0.874.